The Morgan fingerprint density at radius 2 is 2.24 bits per heavy atom. The third-order valence-corrected chi connectivity index (χ3v) is 1.74. The molecule has 0 saturated carbocycles. The quantitative estimate of drug-likeness (QED) is 0.612. The third kappa shape index (κ3) is 4.80. The van der Waals surface area contributed by atoms with Gasteiger partial charge in [0.05, 0.1) is 18.7 Å². The number of hydrogen-bond acceptors (Lipinski definition) is 4. The van der Waals surface area contributed by atoms with E-state index < -0.39 is 11.9 Å². The molecule has 1 heterocycles. The van der Waals surface area contributed by atoms with Crippen molar-refractivity contribution in [1.29, 1.82) is 0 Å². The molecule has 5 heteroatoms. The van der Waals surface area contributed by atoms with Gasteiger partial charge in [0.25, 0.3) is 0 Å². The van der Waals surface area contributed by atoms with E-state index in [0.29, 0.717) is 11.3 Å². The fourth-order valence-corrected chi connectivity index (χ4v) is 1.05. The fourth-order valence-electron chi connectivity index (χ4n) is 1.05. The lowest BCUT2D eigenvalue weighted by Crippen LogP contribution is -2.02. The molecule has 0 radical (unpaired) electrons. The van der Waals surface area contributed by atoms with Crippen molar-refractivity contribution in [2.75, 3.05) is 6.61 Å². The van der Waals surface area contributed by atoms with E-state index in [2.05, 4.69) is 21.6 Å². The first-order valence-electron chi connectivity index (χ1n) is 4.97. The van der Waals surface area contributed by atoms with Crippen LogP contribution in [0.15, 0.2) is 18.3 Å². The molecule has 0 unspecified atom stereocenters. The zero-order valence-corrected chi connectivity index (χ0v) is 9.27. The maximum absolute atomic E-state index is 10.9. The van der Waals surface area contributed by atoms with E-state index in [1.807, 2.05) is 0 Å². The van der Waals surface area contributed by atoms with Gasteiger partial charge in [-0.2, -0.15) is 0 Å². The molecule has 0 aliphatic heterocycles. The van der Waals surface area contributed by atoms with Gasteiger partial charge in [-0.05, 0) is 19.1 Å². The maximum Gasteiger partial charge on any atom is 0.384 e. The van der Waals surface area contributed by atoms with Gasteiger partial charge < -0.3 is 9.84 Å². The molecule has 0 amide bonds. The average Bonchev–Trinajstić information content (AvgIpc) is 2.28. The number of carbonyl (C=O) groups is 2. The van der Waals surface area contributed by atoms with E-state index in [1.165, 1.54) is 6.20 Å². The van der Waals surface area contributed by atoms with Crippen molar-refractivity contribution < 1.29 is 19.4 Å². The van der Waals surface area contributed by atoms with Crippen molar-refractivity contribution in [3.63, 3.8) is 0 Å². The van der Waals surface area contributed by atoms with E-state index in [0.717, 1.165) is 0 Å². The van der Waals surface area contributed by atoms with E-state index in [9.17, 15) is 9.59 Å². The molecule has 0 atom stereocenters. The van der Waals surface area contributed by atoms with Crippen LogP contribution in [-0.2, 0) is 20.7 Å². The first kappa shape index (κ1) is 12.7. The van der Waals surface area contributed by atoms with Gasteiger partial charge in [-0.1, -0.05) is 5.92 Å². The number of pyridine rings is 1. The number of carbonyl (C=O) groups excluding carboxylic acids is 1. The van der Waals surface area contributed by atoms with Gasteiger partial charge in [0.2, 0.25) is 0 Å². The SMILES string of the molecule is CCOC(=O)C#Cc1ccc(CC(=O)O)nc1. The Morgan fingerprint density at radius 1 is 1.47 bits per heavy atom. The molecule has 0 aromatic carbocycles. The van der Waals surface area contributed by atoms with Crippen LogP contribution >= 0.6 is 0 Å². The molecule has 1 rings (SSSR count). The summed E-state index contributed by atoms with van der Waals surface area (Å²) in [5.74, 6) is 3.33. The van der Waals surface area contributed by atoms with Crippen LogP contribution in [0.2, 0.25) is 0 Å². The molecular weight excluding hydrogens is 222 g/mol. The molecule has 0 fully saturated rings. The largest absolute Gasteiger partial charge is 0.481 e. The van der Waals surface area contributed by atoms with Crippen molar-refractivity contribution in [2.24, 2.45) is 0 Å². The number of ether oxygens (including phenoxy) is 1. The summed E-state index contributed by atoms with van der Waals surface area (Å²) >= 11 is 0. The summed E-state index contributed by atoms with van der Waals surface area (Å²) in [4.78, 5) is 25.3. The second-order valence-electron chi connectivity index (χ2n) is 3.08. The Kier molecular flexibility index (Phi) is 4.70. The molecule has 88 valence electrons. The maximum atomic E-state index is 10.9. The molecular formula is C12H11NO4. The first-order chi connectivity index (χ1) is 8.11. The van der Waals surface area contributed by atoms with Gasteiger partial charge in [0.1, 0.15) is 0 Å². The van der Waals surface area contributed by atoms with Gasteiger partial charge in [-0.25, -0.2) is 4.79 Å². The summed E-state index contributed by atoms with van der Waals surface area (Å²) in [7, 11) is 0. The number of nitrogens with zero attached hydrogens (tertiary/aromatic N) is 1. The predicted octanol–water partition coefficient (Wildman–Crippen LogP) is 0.623. The number of carboxylic acid groups (broad SMARTS) is 1. The van der Waals surface area contributed by atoms with Crippen molar-refractivity contribution in [2.45, 2.75) is 13.3 Å². The summed E-state index contributed by atoms with van der Waals surface area (Å²) < 4.78 is 4.63. The highest BCUT2D eigenvalue weighted by atomic mass is 16.5. The standard InChI is InChI=1S/C12H11NO4/c1-2-17-12(16)6-4-9-3-5-10(13-8-9)7-11(14)15/h3,5,8H,2,7H2,1H3,(H,14,15). The lowest BCUT2D eigenvalue weighted by Gasteiger charge is -1.95. The number of esters is 1. The van der Waals surface area contributed by atoms with Crippen LogP contribution in [-0.4, -0.2) is 28.6 Å². The summed E-state index contributed by atoms with van der Waals surface area (Å²) in [5, 5.41) is 8.54. The van der Waals surface area contributed by atoms with Gasteiger partial charge in [0.15, 0.2) is 0 Å². The van der Waals surface area contributed by atoms with E-state index >= 15 is 0 Å². The number of aliphatic carboxylic acids is 1. The van der Waals surface area contributed by atoms with Crippen LogP contribution in [0.1, 0.15) is 18.2 Å². The lowest BCUT2D eigenvalue weighted by atomic mass is 10.2. The highest BCUT2D eigenvalue weighted by Crippen LogP contribution is 1.99. The highest BCUT2D eigenvalue weighted by molar-refractivity contribution is 5.89. The van der Waals surface area contributed by atoms with Gasteiger partial charge >= 0.3 is 11.9 Å². The Hall–Kier alpha value is -2.35. The normalized spacial score (nSPS) is 9.00. The Labute approximate surface area is 98.4 Å². The van der Waals surface area contributed by atoms with Gasteiger partial charge in [-0.15, -0.1) is 0 Å². The summed E-state index contributed by atoms with van der Waals surface area (Å²) in [6.45, 7) is 1.98. The molecule has 0 aliphatic carbocycles. The van der Waals surface area contributed by atoms with Crippen LogP contribution in [0.4, 0.5) is 0 Å². The van der Waals surface area contributed by atoms with Gasteiger partial charge in [-0.3, -0.25) is 9.78 Å². The molecule has 0 saturated heterocycles. The minimum Gasteiger partial charge on any atom is -0.481 e. The average molecular weight is 233 g/mol. The zero-order valence-electron chi connectivity index (χ0n) is 9.27. The van der Waals surface area contributed by atoms with Crippen molar-refractivity contribution >= 4 is 11.9 Å². The highest BCUT2D eigenvalue weighted by Gasteiger charge is 2.01. The van der Waals surface area contributed by atoms with Crippen molar-refractivity contribution in [3.05, 3.63) is 29.6 Å². The molecule has 1 aromatic rings. The Balaban J connectivity index is 2.68. The lowest BCUT2D eigenvalue weighted by molar-refractivity contribution is -0.137. The first-order valence-corrected chi connectivity index (χ1v) is 4.97. The Bertz CT molecular complexity index is 468. The van der Waals surface area contributed by atoms with Crippen LogP contribution in [0, 0.1) is 11.8 Å². The third-order valence-electron chi connectivity index (χ3n) is 1.74. The van der Waals surface area contributed by atoms with Crippen LogP contribution in [0.5, 0.6) is 0 Å². The topological polar surface area (TPSA) is 76.5 Å². The minimum atomic E-state index is -0.942. The van der Waals surface area contributed by atoms with Crippen molar-refractivity contribution in [3.8, 4) is 11.8 Å². The summed E-state index contributed by atoms with van der Waals surface area (Å²) in [5.41, 5.74) is 0.978. The monoisotopic (exact) mass is 233 g/mol. The molecule has 0 spiro atoms. The van der Waals surface area contributed by atoms with Crippen LogP contribution in [0.3, 0.4) is 0 Å². The molecule has 1 N–H and O–H groups in total. The second-order valence-corrected chi connectivity index (χ2v) is 3.08. The van der Waals surface area contributed by atoms with Crippen molar-refractivity contribution in [1.82, 2.24) is 4.98 Å². The predicted molar refractivity (Wildman–Crippen MR) is 59.1 cm³/mol. The molecule has 5 nitrogen and oxygen atoms in total. The molecule has 0 bridgehead atoms. The van der Waals surface area contributed by atoms with E-state index in [-0.39, 0.29) is 13.0 Å². The number of carboxylic acids is 1. The number of aromatic nitrogens is 1. The summed E-state index contributed by atoms with van der Waals surface area (Å²) in [6.07, 6.45) is 1.29. The fraction of sp³-hybridized carbons (Fsp3) is 0.250. The molecule has 17 heavy (non-hydrogen) atoms. The number of rotatable bonds is 3. The van der Waals surface area contributed by atoms with E-state index in [4.69, 9.17) is 5.11 Å². The van der Waals surface area contributed by atoms with E-state index in [1.54, 1.807) is 19.1 Å². The Morgan fingerprint density at radius 3 is 2.76 bits per heavy atom. The molecule has 1 aromatic heterocycles. The second kappa shape index (κ2) is 6.28. The summed E-state index contributed by atoms with van der Waals surface area (Å²) in [6, 6.07) is 3.17. The minimum absolute atomic E-state index is 0.133. The smallest absolute Gasteiger partial charge is 0.384 e. The molecule has 0 aliphatic rings. The van der Waals surface area contributed by atoms with Gasteiger partial charge in [0, 0.05) is 17.7 Å². The van der Waals surface area contributed by atoms with Crippen LogP contribution < -0.4 is 0 Å². The number of hydrogen-bond donors (Lipinski definition) is 1. The van der Waals surface area contributed by atoms with Crippen LogP contribution in [0.25, 0.3) is 0 Å². The zero-order chi connectivity index (χ0) is 12.7.